The zero-order chi connectivity index (χ0) is 21.5. The highest BCUT2D eigenvalue weighted by molar-refractivity contribution is 6.36. The third kappa shape index (κ3) is 5.69. The third-order valence-corrected chi connectivity index (χ3v) is 4.80. The number of carbonyl (C=O) groups is 3. The van der Waals surface area contributed by atoms with Gasteiger partial charge in [-0.15, -0.1) is 0 Å². The van der Waals surface area contributed by atoms with E-state index < -0.39 is 25.0 Å². The van der Waals surface area contributed by atoms with E-state index in [9.17, 15) is 14.4 Å². The molecular formula is C23H17Cl2NO4. The number of rotatable bonds is 7. The number of Topliss-reactive ketones (excluding diaryl/α,β-unsaturated/α-hetero) is 1. The molecule has 3 aromatic rings. The van der Waals surface area contributed by atoms with E-state index in [-0.39, 0.29) is 16.4 Å². The normalized spacial score (nSPS) is 10.3. The summed E-state index contributed by atoms with van der Waals surface area (Å²) in [6.45, 7) is -0.806. The van der Waals surface area contributed by atoms with E-state index in [2.05, 4.69) is 5.32 Å². The van der Waals surface area contributed by atoms with Gasteiger partial charge in [-0.05, 0) is 29.3 Å². The van der Waals surface area contributed by atoms with Crippen LogP contribution in [0.2, 0.25) is 10.0 Å². The van der Waals surface area contributed by atoms with Crippen molar-refractivity contribution in [3.63, 3.8) is 0 Å². The van der Waals surface area contributed by atoms with Gasteiger partial charge >= 0.3 is 5.97 Å². The Morgan fingerprint density at radius 2 is 1.50 bits per heavy atom. The minimum atomic E-state index is -0.734. The number of carbonyl (C=O) groups excluding carboxylic acids is 3. The summed E-state index contributed by atoms with van der Waals surface area (Å²) in [6.07, 6.45) is 0. The number of amides is 1. The van der Waals surface area contributed by atoms with Crippen molar-refractivity contribution in [2.24, 2.45) is 0 Å². The molecule has 0 atom stereocenters. The lowest BCUT2D eigenvalue weighted by atomic mass is 10.0. The molecule has 0 unspecified atom stereocenters. The molecule has 1 amide bonds. The van der Waals surface area contributed by atoms with Crippen LogP contribution >= 0.6 is 23.2 Å². The third-order valence-electron chi connectivity index (χ3n) is 4.25. The Bertz CT molecular complexity index is 1070. The van der Waals surface area contributed by atoms with Gasteiger partial charge in [0.2, 0.25) is 0 Å². The Kier molecular flexibility index (Phi) is 7.22. The van der Waals surface area contributed by atoms with Gasteiger partial charge in [0.15, 0.2) is 12.4 Å². The molecule has 0 bridgehead atoms. The van der Waals surface area contributed by atoms with Crippen LogP contribution in [0.25, 0.3) is 11.1 Å². The lowest BCUT2D eigenvalue weighted by molar-refractivity contribution is -0.141. The van der Waals surface area contributed by atoms with Crippen LogP contribution in [-0.2, 0) is 9.53 Å². The predicted molar refractivity (Wildman–Crippen MR) is 116 cm³/mol. The molecule has 0 aliphatic heterocycles. The topological polar surface area (TPSA) is 72.5 Å². The minimum absolute atomic E-state index is 0.169. The average Bonchev–Trinajstić information content (AvgIpc) is 2.76. The van der Waals surface area contributed by atoms with Crippen LogP contribution in [0.5, 0.6) is 0 Å². The summed E-state index contributed by atoms with van der Waals surface area (Å²) < 4.78 is 4.95. The highest BCUT2D eigenvalue weighted by Crippen LogP contribution is 2.21. The monoisotopic (exact) mass is 441 g/mol. The predicted octanol–water partition coefficient (Wildman–Crippen LogP) is 4.82. The summed E-state index contributed by atoms with van der Waals surface area (Å²) in [5.74, 6) is -1.62. The van der Waals surface area contributed by atoms with Crippen molar-refractivity contribution < 1.29 is 19.1 Å². The molecular weight excluding hydrogens is 425 g/mol. The summed E-state index contributed by atoms with van der Waals surface area (Å²) in [5, 5.41) is 2.96. The molecule has 1 N–H and O–H groups in total. The van der Waals surface area contributed by atoms with Crippen molar-refractivity contribution in [1.29, 1.82) is 0 Å². The Morgan fingerprint density at radius 1 is 0.833 bits per heavy atom. The van der Waals surface area contributed by atoms with Gasteiger partial charge in [0, 0.05) is 10.6 Å². The van der Waals surface area contributed by atoms with Crippen LogP contribution < -0.4 is 5.32 Å². The zero-order valence-corrected chi connectivity index (χ0v) is 17.2. The van der Waals surface area contributed by atoms with Crippen LogP contribution in [-0.4, -0.2) is 30.8 Å². The first-order valence-electron chi connectivity index (χ1n) is 9.01. The first kappa shape index (κ1) is 21.6. The molecule has 152 valence electrons. The van der Waals surface area contributed by atoms with Crippen LogP contribution in [0.3, 0.4) is 0 Å². The van der Waals surface area contributed by atoms with E-state index in [4.69, 9.17) is 27.9 Å². The maximum absolute atomic E-state index is 12.2. The molecule has 7 heteroatoms. The molecule has 30 heavy (non-hydrogen) atoms. The van der Waals surface area contributed by atoms with Crippen LogP contribution in [0, 0.1) is 0 Å². The first-order valence-corrected chi connectivity index (χ1v) is 9.77. The Labute approximate surface area is 183 Å². The van der Waals surface area contributed by atoms with Gasteiger partial charge in [0.1, 0.15) is 6.54 Å². The maximum Gasteiger partial charge on any atom is 0.325 e. The minimum Gasteiger partial charge on any atom is -0.456 e. The molecule has 0 aliphatic rings. The zero-order valence-electron chi connectivity index (χ0n) is 15.7. The van der Waals surface area contributed by atoms with Gasteiger partial charge in [0.05, 0.1) is 10.6 Å². The number of hydrogen-bond donors (Lipinski definition) is 1. The summed E-state index contributed by atoms with van der Waals surface area (Å²) in [4.78, 5) is 36.2. The molecule has 0 fully saturated rings. The summed E-state index contributed by atoms with van der Waals surface area (Å²) in [6, 6.07) is 21.2. The van der Waals surface area contributed by atoms with Crippen molar-refractivity contribution >= 4 is 40.9 Å². The molecule has 0 aliphatic carbocycles. The summed E-state index contributed by atoms with van der Waals surface area (Å²) in [5.41, 5.74) is 2.63. The molecule has 0 heterocycles. The highest BCUT2D eigenvalue weighted by atomic mass is 35.5. The van der Waals surface area contributed by atoms with Gasteiger partial charge in [-0.25, -0.2) is 0 Å². The van der Waals surface area contributed by atoms with Crippen molar-refractivity contribution in [2.75, 3.05) is 13.2 Å². The lowest BCUT2D eigenvalue weighted by Gasteiger charge is -2.08. The number of nitrogens with one attached hydrogen (secondary N) is 1. The molecule has 0 aromatic heterocycles. The quantitative estimate of drug-likeness (QED) is 0.421. The SMILES string of the molecule is O=C(CNC(=O)c1ccc(Cl)cc1Cl)OCC(=O)c1ccc(-c2ccccc2)cc1. The fourth-order valence-electron chi connectivity index (χ4n) is 2.68. The van der Waals surface area contributed by atoms with E-state index in [1.54, 1.807) is 12.1 Å². The van der Waals surface area contributed by atoms with Gasteiger partial charge in [-0.3, -0.25) is 14.4 Å². The number of hydrogen-bond acceptors (Lipinski definition) is 4. The Morgan fingerprint density at radius 3 is 2.17 bits per heavy atom. The number of ketones is 1. The highest BCUT2D eigenvalue weighted by Gasteiger charge is 2.14. The van der Waals surface area contributed by atoms with Crippen LogP contribution in [0.1, 0.15) is 20.7 Å². The van der Waals surface area contributed by atoms with Gasteiger partial charge in [-0.2, -0.15) is 0 Å². The number of benzene rings is 3. The van der Waals surface area contributed by atoms with E-state index >= 15 is 0 Å². The maximum atomic E-state index is 12.2. The van der Waals surface area contributed by atoms with Gasteiger partial charge in [0.25, 0.3) is 5.91 Å². The largest absolute Gasteiger partial charge is 0.456 e. The molecule has 3 rings (SSSR count). The van der Waals surface area contributed by atoms with E-state index in [1.165, 1.54) is 18.2 Å². The second-order valence-corrected chi connectivity index (χ2v) is 7.18. The Balaban J connectivity index is 1.48. The van der Waals surface area contributed by atoms with Crippen molar-refractivity contribution in [1.82, 2.24) is 5.32 Å². The molecule has 0 saturated heterocycles. The molecule has 0 radical (unpaired) electrons. The first-order chi connectivity index (χ1) is 14.4. The van der Waals surface area contributed by atoms with E-state index in [0.29, 0.717) is 10.6 Å². The Hall–Kier alpha value is -3.15. The fraction of sp³-hybridized carbons (Fsp3) is 0.0870. The molecule has 0 saturated carbocycles. The second kappa shape index (κ2) is 10.1. The van der Waals surface area contributed by atoms with Crippen molar-refractivity contribution in [3.05, 3.63) is 94.0 Å². The molecule has 5 nitrogen and oxygen atoms in total. The molecule has 0 spiro atoms. The van der Waals surface area contributed by atoms with Crippen molar-refractivity contribution in [3.8, 4) is 11.1 Å². The van der Waals surface area contributed by atoms with Crippen LogP contribution in [0.15, 0.2) is 72.8 Å². The van der Waals surface area contributed by atoms with Gasteiger partial charge in [-0.1, -0.05) is 77.8 Å². The smallest absolute Gasteiger partial charge is 0.325 e. The summed E-state index contributed by atoms with van der Waals surface area (Å²) in [7, 11) is 0. The second-order valence-electron chi connectivity index (χ2n) is 6.33. The van der Waals surface area contributed by atoms with Gasteiger partial charge < -0.3 is 10.1 Å². The van der Waals surface area contributed by atoms with E-state index in [0.717, 1.165) is 11.1 Å². The number of esters is 1. The van der Waals surface area contributed by atoms with E-state index in [1.807, 2.05) is 42.5 Å². The molecule has 3 aromatic carbocycles. The fourth-order valence-corrected chi connectivity index (χ4v) is 3.18. The van der Waals surface area contributed by atoms with Crippen molar-refractivity contribution in [2.45, 2.75) is 0 Å². The summed E-state index contributed by atoms with van der Waals surface area (Å²) >= 11 is 11.7. The lowest BCUT2D eigenvalue weighted by Crippen LogP contribution is -2.31. The average molecular weight is 442 g/mol. The number of halogens is 2. The number of ether oxygens (including phenoxy) is 1. The standard InChI is InChI=1S/C23H17Cl2NO4/c24-18-10-11-19(20(25)12-18)23(29)26-13-22(28)30-14-21(27)17-8-6-16(7-9-17)15-4-2-1-3-5-15/h1-12H,13-14H2,(H,26,29). The van der Waals surface area contributed by atoms with Crippen LogP contribution in [0.4, 0.5) is 0 Å².